The van der Waals surface area contributed by atoms with Gasteiger partial charge in [0.2, 0.25) is 0 Å². The largest absolute Gasteiger partial charge is 0.382 e. The molecular formula is C18H17FN4O. The van der Waals surface area contributed by atoms with Gasteiger partial charge in [0.25, 0.3) is 5.91 Å². The van der Waals surface area contributed by atoms with Gasteiger partial charge in [0.15, 0.2) is 0 Å². The van der Waals surface area contributed by atoms with Crippen molar-refractivity contribution in [2.75, 3.05) is 5.32 Å². The molecule has 122 valence electrons. The number of anilines is 1. The molecule has 24 heavy (non-hydrogen) atoms. The van der Waals surface area contributed by atoms with E-state index in [2.05, 4.69) is 15.6 Å². The lowest BCUT2D eigenvalue weighted by Crippen LogP contribution is -2.16. The van der Waals surface area contributed by atoms with Gasteiger partial charge in [0.1, 0.15) is 11.5 Å². The van der Waals surface area contributed by atoms with Gasteiger partial charge >= 0.3 is 0 Å². The summed E-state index contributed by atoms with van der Waals surface area (Å²) >= 11 is 0. The number of pyridine rings is 1. The molecule has 2 N–H and O–H groups in total. The molecule has 1 amide bonds. The molecule has 0 unspecified atom stereocenters. The first-order valence-corrected chi connectivity index (χ1v) is 7.88. The zero-order chi connectivity index (χ0) is 16.8. The molecule has 1 aliphatic rings. The van der Waals surface area contributed by atoms with Crippen molar-refractivity contribution < 1.29 is 9.18 Å². The van der Waals surface area contributed by atoms with Crippen LogP contribution in [0, 0.1) is 5.82 Å². The van der Waals surface area contributed by atoms with E-state index in [1.165, 1.54) is 12.1 Å². The SMILES string of the molecule is CC(C)Nc1ccc(-c2cnc3cc(F)ccn23)c2c1C(=O)NC2. The maximum Gasteiger partial charge on any atom is 0.254 e. The van der Waals surface area contributed by atoms with Crippen molar-refractivity contribution in [1.29, 1.82) is 0 Å². The van der Waals surface area contributed by atoms with Gasteiger partial charge in [-0.05, 0) is 31.5 Å². The van der Waals surface area contributed by atoms with Crippen molar-refractivity contribution in [2.24, 2.45) is 0 Å². The number of nitrogens with one attached hydrogen (secondary N) is 2. The van der Waals surface area contributed by atoms with Crippen LogP contribution in [0.2, 0.25) is 0 Å². The van der Waals surface area contributed by atoms with E-state index in [0.29, 0.717) is 17.8 Å². The van der Waals surface area contributed by atoms with Gasteiger partial charge in [-0.3, -0.25) is 9.20 Å². The van der Waals surface area contributed by atoms with E-state index in [4.69, 9.17) is 0 Å². The highest BCUT2D eigenvalue weighted by Crippen LogP contribution is 2.34. The van der Waals surface area contributed by atoms with E-state index in [1.807, 2.05) is 30.4 Å². The first kappa shape index (κ1) is 14.7. The maximum absolute atomic E-state index is 13.4. The molecule has 0 saturated carbocycles. The summed E-state index contributed by atoms with van der Waals surface area (Å²) in [5, 5.41) is 6.21. The number of amides is 1. The van der Waals surface area contributed by atoms with E-state index in [1.54, 1.807) is 12.4 Å². The standard InChI is InChI=1S/C18H17FN4O/c1-10(2)22-14-4-3-12(13-8-21-18(24)17(13)14)15-9-20-16-7-11(19)5-6-23(15)16/h3-7,9-10,22H,8H2,1-2H3,(H,21,24). The summed E-state index contributed by atoms with van der Waals surface area (Å²) in [5.41, 5.74) is 4.76. The molecule has 0 atom stereocenters. The van der Waals surface area contributed by atoms with Gasteiger partial charge in [0, 0.05) is 36.1 Å². The van der Waals surface area contributed by atoms with Gasteiger partial charge in [-0.2, -0.15) is 0 Å². The molecule has 5 nitrogen and oxygen atoms in total. The van der Waals surface area contributed by atoms with Gasteiger partial charge in [-0.25, -0.2) is 9.37 Å². The molecule has 0 radical (unpaired) electrons. The number of carbonyl (C=O) groups is 1. The zero-order valence-corrected chi connectivity index (χ0v) is 13.4. The Labute approximate surface area is 138 Å². The molecule has 0 saturated heterocycles. The molecule has 3 heterocycles. The number of nitrogens with zero attached hydrogens (tertiary/aromatic N) is 2. The second-order valence-corrected chi connectivity index (χ2v) is 6.21. The molecule has 1 aliphatic heterocycles. The number of fused-ring (bicyclic) bond motifs is 2. The smallest absolute Gasteiger partial charge is 0.254 e. The van der Waals surface area contributed by atoms with Crippen LogP contribution in [0.1, 0.15) is 29.8 Å². The van der Waals surface area contributed by atoms with Crippen molar-refractivity contribution in [3.05, 3.63) is 53.6 Å². The molecule has 1 aromatic carbocycles. The van der Waals surface area contributed by atoms with Crippen LogP contribution in [0.25, 0.3) is 16.9 Å². The minimum absolute atomic E-state index is 0.0742. The summed E-state index contributed by atoms with van der Waals surface area (Å²) in [5.74, 6) is -0.395. The van der Waals surface area contributed by atoms with E-state index in [-0.39, 0.29) is 17.8 Å². The van der Waals surface area contributed by atoms with Crippen molar-refractivity contribution in [2.45, 2.75) is 26.4 Å². The number of aromatic nitrogens is 2. The van der Waals surface area contributed by atoms with Crippen LogP contribution in [-0.2, 0) is 6.54 Å². The Balaban J connectivity index is 1.91. The lowest BCUT2D eigenvalue weighted by atomic mass is 9.99. The number of imidazole rings is 1. The molecular weight excluding hydrogens is 307 g/mol. The van der Waals surface area contributed by atoms with Crippen molar-refractivity contribution in [3.8, 4) is 11.3 Å². The van der Waals surface area contributed by atoms with Crippen LogP contribution < -0.4 is 10.6 Å². The van der Waals surface area contributed by atoms with Crippen LogP contribution in [0.5, 0.6) is 0 Å². The summed E-state index contributed by atoms with van der Waals surface area (Å²) < 4.78 is 15.2. The molecule has 3 aromatic rings. The number of benzene rings is 1. The minimum atomic E-state index is -0.321. The normalized spacial score (nSPS) is 13.4. The van der Waals surface area contributed by atoms with Gasteiger partial charge < -0.3 is 10.6 Å². The van der Waals surface area contributed by atoms with Gasteiger partial charge in [-0.1, -0.05) is 6.07 Å². The van der Waals surface area contributed by atoms with Crippen molar-refractivity contribution in [1.82, 2.24) is 14.7 Å². The third-order valence-electron chi connectivity index (χ3n) is 4.16. The van der Waals surface area contributed by atoms with Crippen molar-refractivity contribution >= 4 is 17.2 Å². The number of carbonyl (C=O) groups excluding carboxylic acids is 1. The van der Waals surface area contributed by atoms with E-state index in [9.17, 15) is 9.18 Å². The number of hydrogen-bond acceptors (Lipinski definition) is 3. The van der Waals surface area contributed by atoms with Crippen LogP contribution in [0.15, 0.2) is 36.7 Å². The van der Waals surface area contributed by atoms with Gasteiger partial charge in [0.05, 0.1) is 17.5 Å². The van der Waals surface area contributed by atoms with E-state index < -0.39 is 0 Å². The Morgan fingerprint density at radius 2 is 2.17 bits per heavy atom. The third kappa shape index (κ3) is 2.22. The highest BCUT2D eigenvalue weighted by molar-refractivity contribution is 6.05. The van der Waals surface area contributed by atoms with Crippen LogP contribution >= 0.6 is 0 Å². The average Bonchev–Trinajstić information content (AvgIpc) is 3.11. The predicted octanol–water partition coefficient (Wildman–Crippen LogP) is 3.20. The lowest BCUT2D eigenvalue weighted by Gasteiger charge is -2.15. The first-order chi connectivity index (χ1) is 11.5. The summed E-state index contributed by atoms with van der Waals surface area (Å²) in [4.78, 5) is 16.5. The molecule has 6 heteroatoms. The second kappa shape index (κ2) is 5.33. The highest BCUT2D eigenvalue weighted by Gasteiger charge is 2.27. The molecule has 2 aromatic heterocycles. The predicted molar refractivity (Wildman–Crippen MR) is 90.5 cm³/mol. The number of halogens is 1. The van der Waals surface area contributed by atoms with Gasteiger partial charge in [-0.15, -0.1) is 0 Å². The molecule has 4 rings (SSSR count). The fourth-order valence-electron chi connectivity index (χ4n) is 3.17. The quantitative estimate of drug-likeness (QED) is 0.778. The summed E-state index contributed by atoms with van der Waals surface area (Å²) in [6.45, 7) is 4.55. The Hall–Kier alpha value is -2.89. The Kier molecular flexibility index (Phi) is 3.26. The first-order valence-electron chi connectivity index (χ1n) is 7.88. The monoisotopic (exact) mass is 324 g/mol. The molecule has 0 aliphatic carbocycles. The van der Waals surface area contributed by atoms with Crippen LogP contribution in [0.3, 0.4) is 0 Å². The maximum atomic E-state index is 13.4. The molecule has 0 spiro atoms. The summed E-state index contributed by atoms with van der Waals surface area (Å²) in [7, 11) is 0. The van der Waals surface area contributed by atoms with E-state index >= 15 is 0 Å². The Morgan fingerprint density at radius 3 is 2.96 bits per heavy atom. The topological polar surface area (TPSA) is 58.4 Å². The summed E-state index contributed by atoms with van der Waals surface area (Å²) in [6, 6.07) is 6.92. The van der Waals surface area contributed by atoms with E-state index in [0.717, 1.165) is 22.5 Å². The van der Waals surface area contributed by atoms with Crippen molar-refractivity contribution in [3.63, 3.8) is 0 Å². The third-order valence-corrected chi connectivity index (χ3v) is 4.16. The Bertz CT molecular complexity index is 961. The lowest BCUT2D eigenvalue weighted by molar-refractivity contribution is 0.0966. The Morgan fingerprint density at radius 1 is 1.33 bits per heavy atom. The zero-order valence-electron chi connectivity index (χ0n) is 13.4. The fraction of sp³-hybridized carbons (Fsp3) is 0.222. The fourth-order valence-corrected chi connectivity index (χ4v) is 3.17. The highest BCUT2D eigenvalue weighted by atomic mass is 19.1. The minimum Gasteiger partial charge on any atom is -0.382 e. The number of rotatable bonds is 3. The number of hydrogen-bond donors (Lipinski definition) is 2. The average molecular weight is 324 g/mol. The molecule has 0 bridgehead atoms. The second-order valence-electron chi connectivity index (χ2n) is 6.21. The van der Waals surface area contributed by atoms with Crippen LogP contribution in [0.4, 0.5) is 10.1 Å². The molecule has 0 fully saturated rings. The van der Waals surface area contributed by atoms with Crippen LogP contribution in [-0.4, -0.2) is 21.3 Å². The summed E-state index contributed by atoms with van der Waals surface area (Å²) in [6.07, 6.45) is 3.37.